The van der Waals surface area contributed by atoms with Gasteiger partial charge >= 0.3 is 0 Å². The van der Waals surface area contributed by atoms with E-state index in [0.29, 0.717) is 17.5 Å². The molecule has 0 N–H and O–H groups in total. The number of carbonyl (C=O) groups excluding carboxylic acids is 3. The molecule has 1 saturated carbocycles. The molecule has 2 amide bonds. The molecule has 0 aromatic heterocycles. The Labute approximate surface area is 91.9 Å². The normalized spacial score (nSPS) is 26.9. The van der Waals surface area contributed by atoms with E-state index < -0.39 is 0 Å². The summed E-state index contributed by atoms with van der Waals surface area (Å²) in [7, 11) is 0. The minimum absolute atomic E-state index is 0.165. The summed E-state index contributed by atoms with van der Waals surface area (Å²) >= 11 is 0. The minimum Gasteiger partial charge on any atom is -0.303 e. The number of rotatable bonds is 2. The van der Waals surface area contributed by atoms with Crippen LogP contribution >= 0.6 is 0 Å². The lowest BCUT2D eigenvalue weighted by Crippen LogP contribution is -2.33. The van der Waals surface area contributed by atoms with Crippen molar-refractivity contribution in [2.75, 3.05) is 0 Å². The Morgan fingerprint density at radius 2 is 1.69 bits per heavy atom. The Hall–Kier alpha value is -1.97. The summed E-state index contributed by atoms with van der Waals surface area (Å²) in [5.74, 6) is -0.702. The molecule has 4 nitrogen and oxygen atoms in total. The molecule has 1 aliphatic heterocycles. The predicted molar refractivity (Wildman–Crippen MR) is 54.9 cm³/mol. The summed E-state index contributed by atoms with van der Waals surface area (Å²) in [6.45, 7) is 0. The van der Waals surface area contributed by atoms with Crippen molar-refractivity contribution >= 4 is 18.1 Å². The zero-order valence-electron chi connectivity index (χ0n) is 8.42. The number of imide groups is 1. The molecule has 1 heterocycles. The van der Waals surface area contributed by atoms with Crippen molar-refractivity contribution in [1.82, 2.24) is 4.90 Å². The zero-order valence-corrected chi connectivity index (χ0v) is 8.42. The maximum absolute atomic E-state index is 11.9. The van der Waals surface area contributed by atoms with Gasteiger partial charge in [0, 0.05) is 5.92 Å². The lowest BCUT2D eigenvalue weighted by atomic mass is 10.1. The third kappa shape index (κ3) is 1.07. The summed E-state index contributed by atoms with van der Waals surface area (Å²) in [6, 6.07) is 6.54. The Balaban J connectivity index is 1.99. The van der Waals surface area contributed by atoms with E-state index in [0.717, 1.165) is 6.29 Å². The van der Waals surface area contributed by atoms with E-state index in [-0.39, 0.29) is 23.8 Å². The van der Waals surface area contributed by atoms with Crippen LogP contribution in [0.15, 0.2) is 24.3 Å². The third-order valence-corrected chi connectivity index (χ3v) is 3.14. The Morgan fingerprint density at radius 3 is 2.12 bits per heavy atom. The van der Waals surface area contributed by atoms with Gasteiger partial charge in [0.05, 0.1) is 17.2 Å². The van der Waals surface area contributed by atoms with Crippen molar-refractivity contribution in [1.29, 1.82) is 0 Å². The lowest BCUT2D eigenvalue weighted by molar-refractivity contribution is -0.109. The number of fused-ring (bicyclic) bond motifs is 1. The highest BCUT2D eigenvalue weighted by atomic mass is 16.2. The number of carbonyl (C=O) groups is 3. The smallest absolute Gasteiger partial charge is 0.261 e. The van der Waals surface area contributed by atoms with Crippen molar-refractivity contribution in [3.63, 3.8) is 0 Å². The fourth-order valence-electron chi connectivity index (χ4n) is 2.15. The van der Waals surface area contributed by atoms with Crippen LogP contribution in [-0.2, 0) is 4.79 Å². The molecular weight excluding hydrogens is 206 g/mol. The number of amides is 2. The van der Waals surface area contributed by atoms with Gasteiger partial charge in [-0.25, -0.2) is 0 Å². The first kappa shape index (κ1) is 9.27. The number of benzene rings is 1. The first-order valence-electron chi connectivity index (χ1n) is 5.16. The second-order valence-corrected chi connectivity index (χ2v) is 4.13. The monoisotopic (exact) mass is 215 g/mol. The Morgan fingerprint density at radius 1 is 1.12 bits per heavy atom. The Bertz CT molecular complexity index is 474. The van der Waals surface area contributed by atoms with Gasteiger partial charge in [-0.2, -0.15) is 0 Å². The molecule has 2 atom stereocenters. The number of aldehydes is 1. The van der Waals surface area contributed by atoms with Crippen molar-refractivity contribution in [3.05, 3.63) is 35.4 Å². The van der Waals surface area contributed by atoms with Gasteiger partial charge in [0.2, 0.25) is 0 Å². The van der Waals surface area contributed by atoms with Crippen LogP contribution in [0.3, 0.4) is 0 Å². The quantitative estimate of drug-likeness (QED) is 0.543. The van der Waals surface area contributed by atoms with Gasteiger partial charge in [0.1, 0.15) is 6.29 Å². The second kappa shape index (κ2) is 3.01. The molecule has 2 unspecified atom stereocenters. The first-order valence-corrected chi connectivity index (χ1v) is 5.16. The molecule has 2 aliphatic rings. The first-order chi connectivity index (χ1) is 7.74. The fraction of sp³-hybridized carbons (Fsp3) is 0.250. The van der Waals surface area contributed by atoms with Crippen LogP contribution < -0.4 is 0 Å². The largest absolute Gasteiger partial charge is 0.303 e. The second-order valence-electron chi connectivity index (χ2n) is 4.13. The molecule has 3 rings (SSSR count). The van der Waals surface area contributed by atoms with Gasteiger partial charge in [-0.05, 0) is 18.6 Å². The molecule has 0 saturated heterocycles. The van der Waals surface area contributed by atoms with E-state index in [4.69, 9.17) is 0 Å². The van der Waals surface area contributed by atoms with Gasteiger partial charge in [0.25, 0.3) is 11.8 Å². The molecule has 1 aromatic rings. The van der Waals surface area contributed by atoms with E-state index in [9.17, 15) is 14.4 Å². The number of nitrogens with zero attached hydrogens (tertiary/aromatic N) is 1. The molecule has 1 aromatic carbocycles. The molecule has 16 heavy (non-hydrogen) atoms. The molecule has 0 bridgehead atoms. The van der Waals surface area contributed by atoms with Gasteiger partial charge in [-0.1, -0.05) is 12.1 Å². The predicted octanol–water partition coefficient (Wildman–Crippen LogP) is 0.870. The van der Waals surface area contributed by atoms with E-state index in [1.807, 2.05) is 0 Å². The molecule has 1 aliphatic carbocycles. The van der Waals surface area contributed by atoms with Gasteiger partial charge < -0.3 is 4.79 Å². The summed E-state index contributed by atoms with van der Waals surface area (Å²) in [4.78, 5) is 35.7. The average molecular weight is 215 g/mol. The van der Waals surface area contributed by atoms with Crippen molar-refractivity contribution in [3.8, 4) is 0 Å². The summed E-state index contributed by atoms with van der Waals surface area (Å²) in [6.07, 6.45) is 1.42. The van der Waals surface area contributed by atoms with Crippen molar-refractivity contribution < 1.29 is 14.4 Å². The highest BCUT2D eigenvalue weighted by molar-refractivity contribution is 6.21. The maximum Gasteiger partial charge on any atom is 0.261 e. The van der Waals surface area contributed by atoms with Crippen molar-refractivity contribution in [2.24, 2.45) is 5.92 Å². The van der Waals surface area contributed by atoms with E-state index in [2.05, 4.69) is 0 Å². The molecule has 0 radical (unpaired) electrons. The topological polar surface area (TPSA) is 54.5 Å². The van der Waals surface area contributed by atoms with Gasteiger partial charge in [-0.15, -0.1) is 0 Å². The standard InChI is InChI=1S/C12H9NO3/c14-6-7-5-10(7)13-11(15)8-3-1-2-4-9(8)12(13)16/h1-4,6-7,10H,5H2. The van der Waals surface area contributed by atoms with Crippen LogP contribution in [0.1, 0.15) is 27.1 Å². The maximum atomic E-state index is 11.9. The van der Waals surface area contributed by atoms with Crippen molar-refractivity contribution in [2.45, 2.75) is 12.5 Å². The van der Waals surface area contributed by atoms with E-state index >= 15 is 0 Å². The minimum atomic E-state index is -0.269. The molecule has 0 spiro atoms. The SMILES string of the molecule is O=CC1CC1N1C(=O)c2ccccc2C1=O. The van der Waals surface area contributed by atoms with Crippen LogP contribution in [0, 0.1) is 5.92 Å². The van der Waals surface area contributed by atoms with E-state index in [1.165, 1.54) is 4.90 Å². The lowest BCUT2D eigenvalue weighted by Gasteiger charge is -2.12. The molecular formula is C12H9NO3. The van der Waals surface area contributed by atoms with Gasteiger partial charge in [-0.3, -0.25) is 14.5 Å². The molecule has 1 fully saturated rings. The van der Waals surface area contributed by atoms with Crippen LogP contribution in [0.2, 0.25) is 0 Å². The van der Waals surface area contributed by atoms with Crippen LogP contribution in [0.25, 0.3) is 0 Å². The fourth-order valence-corrected chi connectivity index (χ4v) is 2.15. The van der Waals surface area contributed by atoms with Crippen LogP contribution in [0.5, 0.6) is 0 Å². The molecule has 80 valence electrons. The zero-order chi connectivity index (χ0) is 11.3. The van der Waals surface area contributed by atoms with Crippen LogP contribution in [0.4, 0.5) is 0 Å². The molecule has 4 heteroatoms. The number of hydrogen-bond acceptors (Lipinski definition) is 3. The highest BCUT2D eigenvalue weighted by Crippen LogP contribution is 2.38. The summed E-state index contributed by atoms with van der Waals surface area (Å²) in [5.41, 5.74) is 0.896. The Kier molecular flexibility index (Phi) is 1.74. The van der Waals surface area contributed by atoms with Gasteiger partial charge in [0.15, 0.2) is 0 Å². The average Bonchev–Trinajstić information content (AvgIpc) is 3.03. The number of hydrogen-bond donors (Lipinski definition) is 0. The highest BCUT2D eigenvalue weighted by Gasteiger charge is 2.50. The van der Waals surface area contributed by atoms with Crippen LogP contribution in [-0.4, -0.2) is 29.0 Å². The summed E-state index contributed by atoms with van der Waals surface area (Å²) < 4.78 is 0. The third-order valence-electron chi connectivity index (χ3n) is 3.14. The van der Waals surface area contributed by atoms with E-state index in [1.54, 1.807) is 24.3 Å². The summed E-state index contributed by atoms with van der Waals surface area (Å²) in [5, 5.41) is 0.